The quantitative estimate of drug-likeness (QED) is 0.721. The summed E-state index contributed by atoms with van der Waals surface area (Å²) in [5.74, 6) is -5.29. The standard InChI is InChI=1S/C13H21F3N2O3.ClH/c1-3-4-5-17-11(19)8(2)18-6-9(12(20)21)10(7-18)13(14,15)16;/h8-10H,3-7H2,1-2H3,(H,17,19)(H,20,21);1H/t8?,9-,10-;/m1./s1. The molecule has 3 atom stereocenters. The molecule has 1 fully saturated rings. The van der Waals surface area contributed by atoms with Gasteiger partial charge in [-0.15, -0.1) is 12.4 Å². The molecule has 130 valence electrons. The number of unbranched alkanes of at least 4 members (excludes halogenated alkanes) is 1. The molecule has 0 bridgehead atoms. The molecule has 1 amide bonds. The third-order valence-electron chi connectivity index (χ3n) is 3.84. The van der Waals surface area contributed by atoms with E-state index in [-0.39, 0.29) is 24.9 Å². The second kappa shape index (κ2) is 8.57. The summed E-state index contributed by atoms with van der Waals surface area (Å²) in [5.41, 5.74) is 0. The Morgan fingerprint density at radius 2 is 1.95 bits per heavy atom. The molecule has 0 spiro atoms. The van der Waals surface area contributed by atoms with Crippen molar-refractivity contribution in [2.45, 2.75) is 38.9 Å². The zero-order valence-electron chi connectivity index (χ0n) is 12.5. The first-order valence-electron chi connectivity index (χ1n) is 6.99. The monoisotopic (exact) mass is 346 g/mol. The van der Waals surface area contributed by atoms with E-state index >= 15 is 0 Å². The van der Waals surface area contributed by atoms with Crippen molar-refractivity contribution in [1.82, 2.24) is 10.2 Å². The summed E-state index contributed by atoms with van der Waals surface area (Å²) in [7, 11) is 0. The predicted octanol–water partition coefficient (Wildman–Crippen LogP) is 1.91. The van der Waals surface area contributed by atoms with Crippen LogP contribution in [0.15, 0.2) is 0 Å². The van der Waals surface area contributed by atoms with Crippen molar-refractivity contribution in [3.8, 4) is 0 Å². The van der Waals surface area contributed by atoms with Gasteiger partial charge in [-0.1, -0.05) is 13.3 Å². The Labute approximate surface area is 133 Å². The predicted molar refractivity (Wildman–Crippen MR) is 76.9 cm³/mol. The molecule has 0 aromatic heterocycles. The van der Waals surface area contributed by atoms with Gasteiger partial charge in [-0.3, -0.25) is 14.5 Å². The van der Waals surface area contributed by atoms with Crippen LogP contribution >= 0.6 is 12.4 Å². The first-order chi connectivity index (χ1) is 9.68. The summed E-state index contributed by atoms with van der Waals surface area (Å²) in [6.07, 6.45) is -2.88. The van der Waals surface area contributed by atoms with Crippen molar-refractivity contribution < 1.29 is 27.9 Å². The van der Waals surface area contributed by atoms with Crippen LogP contribution in [0.1, 0.15) is 26.7 Å². The summed E-state index contributed by atoms with van der Waals surface area (Å²) in [6.45, 7) is 3.21. The molecule has 0 radical (unpaired) electrons. The van der Waals surface area contributed by atoms with E-state index in [2.05, 4.69) is 5.32 Å². The number of hydrogen-bond acceptors (Lipinski definition) is 3. The molecule has 1 saturated heterocycles. The summed E-state index contributed by atoms with van der Waals surface area (Å²) < 4.78 is 38.6. The van der Waals surface area contributed by atoms with Crippen LogP contribution in [0.3, 0.4) is 0 Å². The van der Waals surface area contributed by atoms with Gasteiger partial charge >= 0.3 is 12.1 Å². The number of nitrogens with one attached hydrogen (secondary N) is 1. The van der Waals surface area contributed by atoms with Gasteiger partial charge in [-0.2, -0.15) is 13.2 Å². The van der Waals surface area contributed by atoms with Gasteiger partial charge in [-0.25, -0.2) is 0 Å². The minimum Gasteiger partial charge on any atom is -0.481 e. The van der Waals surface area contributed by atoms with E-state index in [0.29, 0.717) is 6.54 Å². The van der Waals surface area contributed by atoms with Gasteiger partial charge in [0.25, 0.3) is 0 Å². The molecule has 22 heavy (non-hydrogen) atoms. The van der Waals surface area contributed by atoms with Crippen LogP contribution in [-0.2, 0) is 9.59 Å². The molecule has 1 aliphatic rings. The average molecular weight is 347 g/mol. The minimum absolute atomic E-state index is 0. The van der Waals surface area contributed by atoms with E-state index in [1.807, 2.05) is 6.92 Å². The normalized spacial score (nSPS) is 23.7. The lowest BCUT2D eigenvalue weighted by atomic mass is 9.96. The lowest BCUT2D eigenvalue weighted by molar-refractivity contribution is -0.188. The number of rotatable bonds is 6. The molecule has 0 saturated carbocycles. The second-order valence-corrected chi connectivity index (χ2v) is 5.37. The van der Waals surface area contributed by atoms with Crippen LogP contribution in [0.25, 0.3) is 0 Å². The zero-order valence-corrected chi connectivity index (χ0v) is 13.3. The topological polar surface area (TPSA) is 69.6 Å². The van der Waals surface area contributed by atoms with Crippen molar-refractivity contribution in [3.05, 3.63) is 0 Å². The Bertz CT molecular complexity index is 393. The highest BCUT2D eigenvalue weighted by Crippen LogP contribution is 2.38. The molecular weight excluding hydrogens is 325 g/mol. The molecule has 0 aliphatic carbocycles. The maximum Gasteiger partial charge on any atom is 0.393 e. The number of hydrogen-bond donors (Lipinski definition) is 2. The van der Waals surface area contributed by atoms with Gasteiger partial charge in [0.15, 0.2) is 0 Å². The van der Waals surface area contributed by atoms with Gasteiger partial charge < -0.3 is 10.4 Å². The van der Waals surface area contributed by atoms with Crippen LogP contribution in [0.4, 0.5) is 13.2 Å². The molecule has 0 aromatic carbocycles. The number of nitrogens with zero attached hydrogens (tertiary/aromatic N) is 1. The molecule has 1 rings (SSSR count). The maximum atomic E-state index is 12.9. The first-order valence-corrected chi connectivity index (χ1v) is 6.99. The number of amides is 1. The van der Waals surface area contributed by atoms with E-state index in [4.69, 9.17) is 5.11 Å². The van der Waals surface area contributed by atoms with Crippen molar-refractivity contribution in [2.24, 2.45) is 11.8 Å². The maximum absolute atomic E-state index is 12.9. The number of carboxylic acid groups (broad SMARTS) is 1. The Hall–Kier alpha value is -1.02. The van der Waals surface area contributed by atoms with Crippen molar-refractivity contribution in [2.75, 3.05) is 19.6 Å². The number of carbonyl (C=O) groups is 2. The molecule has 9 heteroatoms. The summed E-state index contributed by atoms with van der Waals surface area (Å²) in [4.78, 5) is 24.1. The fraction of sp³-hybridized carbons (Fsp3) is 0.846. The molecule has 2 N–H and O–H groups in total. The summed E-state index contributed by atoms with van der Waals surface area (Å²) in [5, 5.41) is 11.6. The number of aliphatic carboxylic acids is 1. The first kappa shape index (κ1) is 21.0. The highest BCUT2D eigenvalue weighted by atomic mass is 35.5. The number of carbonyl (C=O) groups excluding carboxylic acids is 1. The number of alkyl halides is 3. The third-order valence-corrected chi connectivity index (χ3v) is 3.84. The molecule has 5 nitrogen and oxygen atoms in total. The lowest BCUT2D eigenvalue weighted by Crippen LogP contribution is -2.45. The minimum atomic E-state index is -4.57. The molecule has 1 heterocycles. The highest BCUT2D eigenvalue weighted by molar-refractivity contribution is 5.85. The van der Waals surface area contributed by atoms with Crippen LogP contribution < -0.4 is 5.32 Å². The Morgan fingerprint density at radius 1 is 1.36 bits per heavy atom. The van der Waals surface area contributed by atoms with E-state index in [1.54, 1.807) is 0 Å². The fourth-order valence-electron chi connectivity index (χ4n) is 2.43. The summed E-state index contributed by atoms with van der Waals surface area (Å²) in [6, 6.07) is -0.768. The van der Waals surface area contributed by atoms with E-state index in [9.17, 15) is 22.8 Å². The molecular formula is C13H22ClF3N2O3. The Morgan fingerprint density at radius 3 is 2.36 bits per heavy atom. The third kappa shape index (κ3) is 5.31. The summed E-state index contributed by atoms with van der Waals surface area (Å²) >= 11 is 0. The van der Waals surface area contributed by atoms with Gasteiger partial charge in [0.05, 0.1) is 17.9 Å². The van der Waals surface area contributed by atoms with Crippen molar-refractivity contribution >= 4 is 24.3 Å². The molecule has 1 aliphatic heterocycles. The van der Waals surface area contributed by atoms with Crippen LogP contribution in [0.5, 0.6) is 0 Å². The molecule has 0 aromatic rings. The number of carboxylic acids is 1. The van der Waals surface area contributed by atoms with Crippen molar-refractivity contribution in [3.63, 3.8) is 0 Å². The average Bonchev–Trinajstić information content (AvgIpc) is 2.83. The van der Waals surface area contributed by atoms with Crippen LogP contribution in [0.2, 0.25) is 0 Å². The SMILES string of the molecule is CCCCNC(=O)C(C)N1C[C@@H](C(F)(F)F)[C@H](C(=O)O)C1.Cl. The van der Waals surface area contributed by atoms with Crippen LogP contribution in [-0.4, -0.2) is 53.7 Å². The Kier molecular flexibility index (Phi) is 8.17. The largest absolute Gasteiger partial charge is 0.481 e. The number of likely N-dealkylation sites (tertiary alicyclic amines) is 1. The smallest absolute Gasteiger partial charge is 0.393 e. The second-order valence-electron chi connectivity index (χ2n) is 5.37. The lowest BCUT2D eigenvalue weighted by Gasteiger charge is -2.23. The Balaban J connectivity index is 0.00000441. The van der Waals surface area contributed by atoms with E-state index in [0.717, 1.165) is 12.8 Å². The van der Waals surface area contributed by atoms with E-state index < -0.39 is 36.6 Å². The van der Waals surface area contributed by atoms with Gasteiger partial charge in [0, 0.05) is 19.6 Å². The van der Waals surface area contributed by atoms with Gasteiger partial charge in [0.1, 0.15) is 0 Å². The highest BCUT2D eigenvalue weighted by Gasteiger charge is 2.53. The number of halogens is 4. The van der Waals surface area contributed by atoms with Gasteiger partial charge in [0.2, 0.25) is 5.91 Å². The zero-order chi connectivity index (χ0) is 16.2. The fourth-order valence-corrected chi connectivity index (χ4v) is 2.43. The molecule has 1 unspecified atom stereocenters. The van der Waals surface area contributed by atoms with Crippen molar-refractivity contribution in [1.29, 1.82) is 0 Å². The van der Waals surface area contributed by atoms with Gasteiger partial charge in [-0.05, 0) is 13.3 Å². The van der Waals surface area contributed by atoms with E-state index in [1.165, 1.54) is 11.8 Å². The van der Waals surface area contributed by atoms with Crippen LogP contribution in [0, 0.1) is 11.8 Å².